The molecule has 7 heteroatoms. The molecule has 0 aliphatic heterocycles. The van der Waals surface area contributed by atoms with Crippen LogP contribution >= 0.6 is 0 Å². The molecule has 0 saturated heterocycles. The molecule has 0 spiro atoms. The van der Waals surface area contributed by atoms with Gasteiger partial charge in [-0.2, -0.15) is 4.98 Å². The lowest BCUT2D eigenvalue weighted by Crippen LogP contribution is -2.35. The first kappa shape index (κ1) is 18.4. The van der Waals surface area contributed by atoms with Crippen molar-refractivity contribution in [1.82, 2.24) is 15.5 Å². The Morgan fingerprint density at radius 2 is 1.78 bits per heavy atom. The van der Waals surface area contributed by atoms with Gasteiger partial charge in [0.05, 0.1) is 7.11 Å². The van der Waals surface area contributed by atoms with Crippen LogP contribution in [0.15, 0.2) is 53.1 Å². The Morgan fingerprint density at radius 1 is 1.11 bits per heavy atom. The molecular formula is C20H22N4O3. The van der Waals surface area contributed by atoms with Crippen LogP contribution in [0.1, 0.15) is 20.3 Å². The van der Waals surface area contributed by atoms with Gasteiger partial charge in [-0.3, -0.25) is 0 Å². The third-order valence-corrected chi connectivity index (χ3v) is 4.15. The van der Waals surface area contributed by atoms with E-state index in [0.29, 0.717) is 17.4 Å². The number of hydrogen-bond donors (Lipinski definition) is 2. The van der Waals surface area contributed by atoms with Crippen LogP contribution in [0.2, 0.25) is 0 Å². The Hall–Kier alpha value is -3.35. The van der Waals surface area contributed by atoms with E-state index in [1.807, 2.05) is 50.2 Å². The lowest BCUT2D eigenvalue weighted by molar-refractivity contribution is 0.249. The third kappa shape index (κ3) is 4.63. The lowest BCUT2D eigenvalue weighted by Gasteiger charge is -2.12. The topological polar surface area (TPSA) is 89.3 Å². The first-order valence-electron chi connectivity index (χ1n) is 8.75. The average Bonchev–Trinajstić information content (AvgIpc) is 3.18. The molecule has 1 unspecified atom stereocenters. The molecule has 0 saturated carbocycles. The standard InChI is InChI=1S/C20H22N4O3/c1-4-13(2)21-20(25)22-16-9-5-14(6-10-16)18-23-19(27-24-18)15-7-11-17(26-3)12-8-15/h5-13H,4H2,1-3H3,(H2,21,22,25). The molecule has 2 amide bonds. The zero-order valence-corrected chi connectivity index (χ0v) is 15.5. The summed E-state index contributed by atoms with van der Waals surface area (Å²) < 4.78 is 10.5. The Bertz CT molecular complexity index is 888. The number of urea groups is 1. The molecule has 1 atom stereocenters. The molecule has 2 N–H and O–H groups in total. The molecule has 2 aromatic carbocycles. The van der Waals surface area contributed by atoms with Gasteiger partial charge in [0.2, 0.25) is 5.82 Å². The van der Waals surface area contributed by atoms with Gasteiger partial charge in [-0.25, -0.2) is 4.79 Å². The second kappa shape index (κ2) is 8.35. The van der Waals surface area contributed by atoms with Crippen LogP contribution in [-0.4, -0.2) is 29.3 Å². The minimum absolute atomic E-state index is 0.125. The van der Waals surface area contributed by atoms with Crippen molar-refractivity contribution < 1.29 is 14.1 Å². The molecule has 0 bridgehead atoms. The van der Waals surface area contributed by atoms with Crippen molar-refractivity contribution in [2.45, 2.75) is 26.3 Å². The van der Waals surface area contributed by atoms with Gasteiger partial charge in [-0.15, -0.1) is 0 Å². The van der Waals surface area contributed by atoms with Gasteiger partial charge in [0.25, 0.3) is 5.89 Å². The fourth-order valence-corrected chi connectivity index (χ4v) is 2.39. The lowest BCUT2D eigenvalue weighted by atomic mass is 10.2. The van der Waals surface area contributed by atoms with Crippen molar-refractivity contribution in [3.8, 4) is 28.6 Å². The molecule has 0 aliphatic carbocycles. The molecule has 140 valence electrons. The van der Waals surface area contributed by atoms with Crippen LogP contribution in [0.3, 0.4) is 0 Å². The summed E-state index contributed by atoms with van der Waals surface area (Å²) in [6.45, 7) is 3.98. The van der Waals surface area contributed by atoms with Crippen LogP contribution in [0, 0.1) is 0 Å². The molecule has 3 aromatic rings. The molecule has 0 radical (unpaired) electrons. The van der Waals surface area contributed by atoms with E-state index in [4.69, 9.17) is 9.26 Å². The second-order valence-electron chi connectivity index (χ2n) is 6.14. The number of nitrogens with one attached hydrogen (secondary N) is 2. The molecule has 7 nitrogen and oxygen atoms in total. The largest absolute Gasteiger partial charge is 0.497 e. The number of hydrogen-bond acceptors (Lipinski definition) is 5. The molecule has 1 heterocycles. The van der Waals surface area contributed by atoms with Crippen LogP contribution < -0.4 is 15.4 Å². The van der Waals surface area contributed by atoms with E-state index in [2.05, 4.69) is 20.8 Å². The predicted molar refractivity (Wildman–Crippen MR) is 104 cm³/mol. The Morgan fingerprint density at radius 3 is 2.41 bits per heavy atom. The van der Waals surface area contributed by atoms with Gasteiger partial charge >= 0.3 is 6.03 Å². The highest BCUT2D eigenvalue weighted by Gasteiger charge is 2.11. The van der Waals surface area contributed by atoms with Gasteiger partial charge < -0.3 is 19.9 Å². The summed E-state index contributed by atoms with van der Waals surface area (Å²) in [5.74, 6) is 1.68. The maximum Gasteiger partial charge on any atom is 0.319 e. The Kier molecular flexibility index (Phi) is 5.71. The number of amides is 2. The van der Waals surface area contributed by atoms with Crippen molar-refractivity contribution in [3.05, 3.63) is 48.5 Å². The number of methoxy groups -OCH3 is 1. The van der Waals surface area contributed by atoms with E-state index in [0.717, 1.165) is 23.3 Å². The quantitative estimate of drug-likeness (QED) is 0.678. The SMILES string of the molecule is CCC(C)NC(=O)Nc1ccc(-c2noc(-c3ccc(OC)cc3)n2)cc1. The number of benzene rings is 2. The highest BCUT2D eigenvalue weighted by molar-refractivity contribution is 5.89. The maximum atomic E-state index is 11.9. The second-order valence-corrected chi connectivity index (χ2v) is 6.14. The van der Waals surface area contributed by atoms with E-state index in [1.165, 1.54) is 0 Å². The highest BCUT2D eigenvalue weighted by Crippen LogP contribution is 2.24. The smallest absolute Gasteiger partial charge is 0.319 e. The van der Waals surface area contributed by atoms with Crippen molar-refractivity contribution in [2.24, 2.45) is 0 Å². The van der Waals surface area contributed by atoms with Crippen molar-refractivity contribution in [2.75, 3.05) is 12.4 Å². The molecule has 3 rings (SSSR count). The summed E-state index contributed by atoms with van der Waals surface area (Å²) in [4.78, 5) is 16.3. The number of carbonyl (C=O) groups is 1. The van der Waals surface area contributed by atoms with Crippen LogP contribution in [0.5, 0.6) is 5.75 Å². The van der Waals surface area contributed by atoms with Crippen molar-refractivity contribution in [1.29, 1.82) is 0 Å². The molecule has 0 fully saturated rings. The van der Waals surface area contributed by atoms with Gasteiger partial charge in [0, 0.05) is 22.9 Å². The minimum atomic E-state index is -0.224. The number of anilines is 1. The van der Waals surface area contributed by atoms with Crippen molar-refractivity contribution in [3.63, 3.8) is 0 Å². The first-order chi connectivity index (χ1) is 13.1. The van der Waals surface area contributed by atoms with E-state index in [9.17, 15) is 4.79 Å². The van der Waals surface area contributed by atoms with Gasteiger partial charge in [0.1, 0.15) is 5.75 Å². The summed E-state index contributed by atoms with van der Waals surface area (Å²) in [6.07, 6.45) is 0.876. The zero-order chi connectivity index (χ0) is 19.2. The normalized spacial score (nSPS) is 11.7. The van der Waals surface area contributed by atoms with Crippen LogP contribution in [0.25, 0.3) is 22.8 Å². The number of aromatic nitrogens is 2. The fraction of sp³-hybridized carbons (Fsp3) is 0.250. The minimum Gasteiger partial charge on any atom is -0.497 e. The number of rotatable bonds is 6. The summed E-state index contributed by atoms with van der Waals surface area (Å²) in [6, 6.07) is 14.6. The molecule has 0 aliphatic rings. The number of nitrogens with zero attached hydrogens (tertiary/aromatic N) is 2. The van der Waals surface area contributed by atoms with Gasteiger partial charge in [0.15, 0.2) is 0 Å². The monoisotopic (exact) mass is 366 g/mol. The summed E-state index contributed by atoms with van der Waals surface area (Å²) in [5, 5.41) is 9.69. The van der Waals surface area contributed by atoms with E-state index < -0.39 is 0 Å². The number of carbonyl (C=O) groups excluding carboxylic acids is 1. The summed E-state index contributed by atoms with van der Waals surface area (Å²) in [7, 11) is 1.62. The summed E-state index contributed by atoms with van der Waals surface area (Å²) >= 11 is 0. The highest BCUT2D eigenvalue weighted by atomic mass is 16.5. The van der Waals surface area contributed by atoms with E-state index in [1.54, 1.807) is 19.2 Å². The molecule has 27 heavy (non-hydrogen) atoms. The maximum absolute atomic E-state index is 11.9. The first-order valence-corrected chi connectivity index (χ1v) is 8.75. The molecular weight excluding hydrogens is 344 g/mol. The van der Waals surface area contributed by atoms with E-state index in [-0.39, 0.29) is 12.1 Å². The Balaban J connectivity index is 1.68. The third-order valence-electron chi connectivity index (χ3n) is 4.15. The van der Waals surface area contributed by atoms with Crippen LogP contribution in [0.4, 0.5) is 10.5 Å². The fourth-order valence-electron chi connectivity index (χ4n) is 2.39. The average molecular weight is 366 g/mol. The van der Waals surface area contributed by atoms with Crippen molar-refractivity contribution >= 4 is 11.7 Å². The van der Waals surface area contributed by atoms with Gasteiger partial charge in [-0.1, -0.05) is 12.1 Å². The van der Waals surface area contributed by atoms with E-state index >= 15 is 0 Å². The molecule has 1 aromatic heterocycles. The summed E-state index contributed by atoms with van der Waals surface area (Å²) in [5.41, 5.74) is 2.30. The number of ether oxygens (including phenoxy) is 1. The Labute approximate surface area is 157 Å². The van der Waals surface area contributed by atoms with Crippen LogP contribution in [-0.2, 0) is 0 Å². The van der Waals surface area contributed by atoms with Gasteiger partial charge in [-0.05, 0) is 61.9 Å². The zero-order valence-electron chi connectivity index (χ0n) is 15.5. The predicted octanol–water partition coefficient (Wildman–Crippen LogP) is 4.33.